The highest BCUT2D eigenvalue weighted by atomic mass is 32.2. The number of anilines is 1. The number of carbonyl (C=O) groups is 1. The van der Waals surface area contributed by atoms with Gasteiger partial charge >= 0.3 is 6.09 Å². The second-order valence-corrected chi connectivity index (χ2v) is 20.9. The number of nitrogen functional groups attached to an aromatic ring is 1. The molecule has 7 rings (SSSR count). The lowest BCUT2D eigenvalue weighted by Crippen LogP contribution is -2.48. The van der Waals surface area contributed by atoms with Crippen LogP contribution >= 0.6 is 0 Å². The largest absolute Gasteiger partial charge is 0.497 e. The van der Waals surface area contributed by atoms with Crippen LogP contribution in [0.3, 0.4) is 0 Å². The lowest BCUT2D eigenvalue weighted by molar-refractivity contribution is 0.0504. The maximum atomic E-state index is 16.1. The molecule has 68 heavy (non-hydrogen) atoms. The van der Waals surface area contributed by atoms with Crippen molar-refractivity contribution < 1.29 is 40.6 Å². The Morgan fingerprint density at radius 1 is 0.824 bits per heavy atom. The van der Waals surface area contributed by atoms with E-state index in [9.17, 15) is 4.79 Å². The molecule has 2 atom stereocenters. The van der Waals surface area contributed by atoms with Gasteiger partial charge in [-0.25, -0.2) is 31.3 Å². The van der Waals surface area contributed by atoms with Crippen molar-refractivity contribution in [3.8, 4) is 39.8 Å². The molecule has 6 aromatic rings. The van der Waals surface area contributed by atoms with Crippen LogP contribution < -0.4 is 30.4 Å². The van der Waals surface area contributed by atoms with Crippen LogP contribution in [0, 0.1) is 5.41 Å². The zero-order valence-electron chi connectivity index (χ0n) is 38.7. The van der Waals surface area contributed by atoms with Gasteiger partial charge in [-0.2, -0.15) is 9.10 Å². The summed E-state index contributed by atoms with van der Waals surface area (Å²) in [6.45, 7) is 6.41. The highest BCUT2D eigenvalue weighted by molar-refractivity contribution is 7.92. The minimum Gasteiger partial charge on any atom is -0.497 e. The third kappa shape index (κ3) is 11.5. The standard InChI is InChI=1S/C47H56N10O9S2/c1-47(2,3)41(30-66-46(49)58)55-24-23-35(29-55)53-67(59,60)40-21-20-39(34-13-22-42(48)50-25-34)43(45-51-54-57(52-45)28-33-11-18-38(65-6)19-12-33)44(40)68(61,62)56(26-31-7-14-36(63-4)15-8-31)27-32-9-16-37(64-5)17-10-32/h7-22,25,35,41,53H,23-24,26-30H2,1-6H3,(H2,48,50)(H2,49,58)/t35-,41+/m1/s1. The number of likely N-dealkylation sites (tertiary alicyclic amines) is 1. The fourth-order valence-corrected chi connectivity index (χ4v) is 11.8. The Morgan fingerprint density at radius 3 is 1.91 bits per heavy atom. The first-order valence-corrected chi connectivity index (χ1v) is 24.6. The van der Waals surface area contributed by atoms with E-state index in [0.717, 1.165) is 5.56 Å². The average molecular weight is 969 g/mol. The van der Waals surface area contributed by atoms with Crippen LogP contribution in [-0.2, 0) is 44.4 Å². The van der Waals surface area contributed by atoms with Gasteiger partial charge in [0, 0.05) is 50.0 Å². The molecular formula is C47H56N10O9S2. The van der Waals surface area contributed by atoms with E-state index in [1.165, 1.54) is 41.7 Å². The van der Waals surface area contributed by atoms with Gasteiger partial charge in [-0.15, -0.1) is 10.2 Å². The van der Waals surface area contributed by atoms with E-state index in [0.29, 0.717) is 46.9 Å². The highest BCUT2D eigenvalue weighted by Crippen LogP contribution is 2.42. The monoisotopic (exact) mass is 968 g/mol. The number of rotatable bonds is 19. The number of carbonyl (C=O) groups excluding carboxylic acids is 1. The molecule has 21 heteroatoms. The Kier molecular flexibility index (Phi) is 15.0. The first-order chi connectivity index (χ1) is 32.4. The van der Waals surface area contributed by atoms with Gasteiger partial charge in [-0.3, -0.25) is 4.90 Å². The molecule has 1 amide bonds. The molecule has 1 aliphatic heterocycles. The number of aromatic nitrogens is 5. The molecule has 4 aromatic carbocycles. The molecule has 0 aliphatic carbocycles. The van der Waals surface area contributed by atoms with Crippen LogP contribution in [0.25, 0.3) is 22.5 Å². The van der Waals surface area contributed by atoms with Crippen LogP contribution in [0.1, 0.15) is 43.9 Å². The molecule has 1 fully saturated rings. The predicted octanol–water partition coefficient (Wildman–Crippen LogP) is 5.31. The first-order valence-electron chi connectivity index (χ1n) is 21.6. The van der Waals surface area contributed by atoms with Gasteiger partial charge in [0.15, 0.2) is 0 Å². The zero-order valence-corrected chi connectivity index (χ0v) is 40.3. The highest BCUT2D eigenvalue weighted by Gasteiger charge is 2.41. The van der Waals surface area contributed by atoms with Crippen molar-refractivity contribution >= 4 is 32.0 Å². The fraction of sp³-hybridized carbons (Fsp3) is 0.340. The van der Waals surface area contributed by atoms with Crippen LogP contribution in [0.5, 0.6) is 17.2 Å². The van der Waals surface area contributed by atoms with Crippen molar-refractivity contribution in [2.45, 2.75) is 68.7 Å². The number of amides is 1. The summed E-state index contributed by atoms with van der Waals surface area (Å²) in [5.41, 5.74) is 13.5. The number of primary amides is 1. The second kappa shape index (κ2) is 20.7. The smallest absolute Gasteiger partial charge is 0.404 e. The minimum atomic E-state index is -4.91. The van der Waals surface area contributed by atoms with Crippen molar-refractivity contribution in [1.82, 2.24) is 39.1 Å². The molecule has 1 saturated heterocycles. The third-order valence-corrected chi connectivity index (χ3v) is 15.2. The molecule has 0 saturated carbocycles. The average Bonchev–Trinajstić information content (AvgIpc) is 3.98. The lowest BCUT2D eigenvalue weighted by atomic mass is 9.86. The van der Waals surface area contributed by atoms with E-state index >= 15 is 16.8 Å². The van der Waals surface area contributed by atoms with Crippen molar-refractivity contribution in [1.29, 1.82) is 0 Å². The number of benzene rings is 4. The number of sulfonamides is 2. The molecular weight excluding hydrogens is 913 g/mol. The van der Waals surface area contributed by atoms with Crippen molar-refractivity contribution in [3.05, 3.63) is 120 Å². The summed E-state index contributed by atoms with van der Waals surface area (Å²) in [5, 5.41) is 13.4. The molecule has 0 unspecified atom stereocenters. The Bertz CT molecular complexity index is 2860. The Balaban J connectivity index is 1.42. The molecule has 1 aliphatic rings. The summed E-state index contributed by atoms with van der Waals surface area (Å²) in [7, 11) is -4.98. The summed E-state index contributed by atoms with van der Waals surface area (Å²) in [6, 6.07) is 26.1. The van der Waals surface area contributed by atoms with Crippen LogP contribution in [0.15, 0.2) is 113 Å². The number of ether oxygens (including phenoxy) is 4. The van der Waals surface area contributed by atoms with E-state index in [1.54, 1.807) is 79.9 Å². The maximum absolute atomic E-state index is 16.1. The van der Waals surface area contributed by atoms with E-state index in [-0.39, 0.29) is 67.0 Å². The molecule has 0 spiro atoms. The third-order valence-electron chi connectivity index (χ3n) is 11.7. The van der Waals surface area contributed by atoms with Crippen molar-refractivity contribution in [3.63, 3.8) is 0 Å². The zero-order chi connectivity index (χ0) is 48.8. The Hall–Kier alpha value is -6.65. The number of methoxy groups -OCH3 is 3. The SMILES string of the molecule is COc1ccc(CN(Cc2ccc(OC)cc2)S(=O)(=O)c2c(S(=O)(=O)N[C@@H]3CCN([C@@H](COC(N)=O)C(C)(C)C)C3)ccc(-c3ccc(N)nc3)c2-c2nnn(Cc3ccc(OC)cc3)n2)cc1. The lowest BCUT2D eigenvalue weighted by Gasteiger charge is -2.37. The van der Waals surface area contributed by atoms with Gasteiger partial charge in [0.25, 0.3) is 0 Å². The van der Waals surface area contributed by atoms with Gasteiger partial charge in [0.1, 0.15) is 39.5 Å². The molecule has 360 valence electrons. The fourth-order valence-electron chi connectivity index (χ4n) is 8.10. The number of nitrogens with two attached hydrogens (primary N) is 2. The summed E-state index contributed by atoms with van der Waals surface area (Å²) >= 11 is 0. The van der Waals surface area contributed by atoms with Crippen molar-refractivity contribution in [2.75, 3.05) is 46.8 Å². The topological polar surface area (TPSA) is 249 Å². The van der Waals surface area contributed by atoms with E-state index in [1.807, 2.05) is 37.8 Å². The number of tetrazole rings is 1. The van der Waals surface area contributed by atoms with Gasteiger partial charge < -0.3 is 30.4 Å². The summed E-state index contributed by atoms with van der Waals surface area (Å²) in [5.74, 6) is 1.82. The number of nitrogens with zero attached hydrogens (tertiary/aromatic N) is 7. The van der Waals surface area contributed by atoms with E-state index in [2.05, 4.69) is 20.0 Å². The van der Waals surface area contributed by atoms with Gasteiger partial charge in [0.2, 0.25) is 25.9 Å². The van der Waals surface area contributed by atoms with Crippen LogP contribution in [0.2, 0.25) is 0 Å². The number of pyridine rings is 1. The first kappa shape index (κ1) is 49.3. The Morgan fingerprint density at radius 2 is 1.40 bits per heavy atom. The summed E-state index contributed by atoms with van der Waals surface area (Å²) < 4.78 is 87.8. The second-order valence-electron chi connectivity index (χ2n) is 17.4. The Labute approximate surface area is 396 Å². The quantitative estimate of drug-likeness (QED) is 0.0930. The van der Waals surface area contributed by atoms with Gasteiger partial charge in [-0.1, -0.05) is 63.2 Å². The van der Waals surface area contributed by atoms with Gasteiger partial charge in [0.05, 0.1) is 33.4 Å². The number of hydrogen-bond donors (Lipinski definition) is 3. The minimum absolute atomic E-state index is 0.00408. The van der Waals surface area contributed by atoms with Crippen LogP contribution in [0.4, 0.5) is 10.6 Å². The molecule has 0 bridgehead atoms. The molecule has 5 N–H and O–H groups in total. The molecule has 19 nitrogen and oxygen atoms in total. The number of hydrogen-bond acceptors (Lipinski definition) is 15. The van der Waals surface area contributed by atoms with E-state index < -0.39 is 42.0 Å². The molecule has 0 radical (unpaired) electrons. The normalized spacial score (nSPS) is 15.0. The van der Waals surface area contributed by atoms with Crippen LogP contribution in [-0.4, -0.2) is 110 Å². The van der Waals surface area contributed by atoms with E-state index in [4.69, 9.17) is 35.5 Å². The molecule has 2 aromatic heterocycles. The predicted molar refractivity (Wildman–Crippen MR) is 254 cm³/mol. The number of nitrogens with one attached hydrogen (secondary N) is 1. The van der Waals surface area contributed by atoms with Gasteiger partial charge in [-0.05, 0) is 93.9 Å². The summed E-state index contributed by atoms with van der Waals surface area (Å²) in [4.78, 5) is 18.1. The maximum Gasteiger partial charge on any atom is 0.404 e. The van der Waals surface area contributed by atoms with Crippen molar-refractivity contribution in [2.24, 2.45) is 11.1 Å². The summed E-state index contributed by atoms with van der Waals surface area (Å²) in [6.07, 6.45) is 0.919. The molecule has 3 heterocycles.